The smallest absolute Gasteiger partial charge is 0.0690 e. The van der Waals surface area contributed by atoms with Crippen LogP contribution < -0.4 is 0 Å². The molecule has 0 unspecified atom stereocenters. The Bertz CT molecular complexity index is 686. The van der Waals surface area contributed by atoms with Crippen LogP contribution >= 0.6 is 0 Å². The molecule has 0 heterocycles. The van der Waals surface area contributed by atoms with Crippen LogP contribution in [0.25, 0.3) is 10.8 Å². The zero-order valence-corrected chi connectivity index (χ0v) is 10.7. The zero-order chi connectivity index (χ0) is 13.1. The van der Waals surface area contributed by atoms with Crippen molar-refractivity contribution in [2.75, 3.05) is 0 Å². The number of benzene rings is 3. The van der Waals surface area contributed by atoms with E-state index in [9.17, 15) is 5.11 Å². The molecule has 19 heavy (non-hydrogen) atoms. The van der Waals surface area contributed by atoms with Gasteiger partial charge in [-0.3, -0.25) is 0 Å². The number of aliphatic hydroxyl groups excluding tert-OH is 1. The van der Waals surface area contributed by atoms with Crippen molar-refractivity contribution in [3.63, 3.8) is 0 Å². The van der Waals surface area contributed by atoms with Crippen LogP contribution in [-0.2, 0) is 13.0 Å². The molecule has 0 bridgehead atoms. The summed E-state index contributed by atoms with van der Waals surface area (Å²) in [7, 11) is 0. The molecule has 0 atom stereocenters. The van der Waals surface area contributed by atoms with Crippen LogP contribution in [0.4, 0.5) is 0 Å². The molecule has 0 aliphatic heterocycles. The van der Waals surface area contributed by atoms with E-state index >= 15 is 0 Å². The van der Waals surface area contributed by atoms with Gasteiger partial charge >= 0.3 is 0 Å². The highest BCUT2D eigenvalue weighted by molar-refractivity contribution is 5.86. The summed E-state index contributed by atoms with van der Waals surface area (Å²) < 4.78 is 0. The van der Waals surface area contributed by atoms with Crippen LogP contribution in [0.2, 0.25) is 0 Å². The second-order valence-electron chi connectivity index (χ2n) is 4.74. The summed E-state index contributed by atoms with van der Waals surface area (Å²) in [6, 6.07) is 22.8. The van der Waals surface area contributed by atoms with E-state index in [1.54, 1.807) is 0 Å². The van der Waals surface area contributed by atoms with Crippen molar-refractivity contribution in [3.8, 4) is 0 Å². The Morgan fingerprint density at radius 2 is 1.47 bits per heavy atom. The van der Waals surface area contributed by atoms with Crippen LogP contribution in [0, 0.1) is 0 Å². The molecule has 3 rings (SSSR count). The van der Waals surface area contributed by atoms with Crippen molar-refractivity contribution in [2.24, 2.45) is 0 Å². The molecular formula is C18H16O. The van der Waals surface area contributed by atoms with Gasteiger partial charge in [-0.15, -0.1) is 0 Å². The van der Waals surface area contributed by atoms with Gasteiger partial charge in [-0.25, -0.2) is 0 Å². The first kappa shape index (κ1) is 11.9. The Labute approximate surface area is 113 Å². The summed E-state index contributed by atoms with van der Waals surface area (Å²) >= 11 is 0. The maximum atomic E-state index is 9.69. The number of hydrogen-bond acceptors (Lipinski definition) is 1. The highest BCUT2D eigenvalue weighted by Gasteiger charge is 2.07. The molecule has 94 valence electrons. The van der Waals surface area contributed by atoms with Crippen LogP contribution in [0.1, 0.15) is 16.7 Å². The predicted molar refractivity (Wildman–Crippen MR) is 79.1 cm³/mol. The fourth-order valence-corrected chi connectivity index (χ4v) is 2.55. The van der Waals surface area contributed by atoms with Gasteiger partial charge in [0.15, 0.2) is 0 Å². The quantitative estimate of drug-likeness (QED) is 0.744. The molecule has 0 fully saturated rings. The molecule has 1 nitrogen and oxygen atoms in total. The van der Waals surface area contributed by atoms with Gasteiger partial charge in [0.05, 0.1) is 6.61 Å². The van der Waals surface area contributed by atoms with Gasteiger partial charge in [-0.05, 0) is 33.9 Å². The standard InChI is InChI=1S/C18H16O/c19-13-18-16(12-14-6-2-1-3-7-14)11-10-15-8-4-5-9-17(15)18/h1-11,19H,12-13H2. The molecule has 0 aliphatic rings. The molecule has 0 aromatic heterocycles. The monoisotopic (exact) mass is 248 g/mol. The summed E-state index contributed by atoms with van der Waals surface area (Å²) in [6.07, 6.45) is 0.863. The first-order valence-corrected chi connectivity index (χ1v) is 6.53. The highest BCUT2D eigenvalue weighted by atomic mass is 16.3. The third kappa shape index (κ3) is 2.38. The van der Waals surface area contributed by atoms with Crippen LogP contribution in [-0.4, -0.2) is 5.11 Å². The Hall–Kier alpha value is -2.12. The Kier molecular flexibility index (Phi) is 3.30. The van der Waals surface area contributed by atoms with Crippen molar-refractivity contribution < 1.29 is 5.11 Å². The van der Waals surface area contributed by atoms with Crippen LogP contribution in [0.5, 0.6) is 0 Å². The number of fused-ring (bicyclic) bond motifs is 1. The van der Waals surface area contributed by atoms with Crippen LogP contribution in [0.15, 0.2) is 66.7 Å². The molecule has 0 spiro atoms. The Morgan fingerprint density at radius 1 is 0.737 bits per heavy atom. The lowest BCUT2D eigenvalue weighted by Crippen LogP contribution is -1.97. The van der Waals surface area contributed by atoms with E-state index in [4.69, 9.17) is 0 Å². The molecule has 1 N–H and O–H groups in total. The Balaban J connectivity index is 2.08. The lowest BCUT2D eigenvalue weighted by atomic mass is 9.95. The first-order valence-electron chi connectivity index (χ1n) is 6.53. The third-order valence-corrected chi connectivity index (χ3v) is 3.53. The van der Waals surface area contributed by atoms with Crippen molar-refractivity contribution in [2.45, 2.75) is 13.0 Å². The summed E-state index contributed by atoms with van der Waals surface area (Å²) in [5.41, 5.74) is 3.52. The van der Waals surface area contributed by atoms with Crippen molar-refractivity contribution in [3.05, 3.63) is 83.4 Å². The fraction of sp³-hybridized carbons (Fsp3) is 0.111. The molecule has 0 saturated heterocycles. The average Bonchev–Trinajstić information content (AvgIpc) is 2.48. The molecule has 0 saturated carbocycles. The summed E-state index contributed by atoms with van der Waals surface area (Å²) in [6.45, 7) is 0.0868. The predicted octanol–water partition coefficient (Wildman–Crippen LogP) is 3.92. The maximum Gasteiger partial charge on any atom is 0.0690 e. The summed E-state index contributed by atoms with van der Waals surface area (Å²) in [5, 5.41) is 12.0. The largest absolute Gasteiger partial charge is 0.392 e. The zero-order valence-electron chi connectivity index (χ0n) is 10.7. The molecule has 3 aromatic rings. The van der Waals surface area contributed by atoms with Gasteiger partial charge in [0, 0.05) is 0 Å². The third-order valence-electron chi connectivity index (χ3n) is 3.53. The number of hydrogen-bond donors (Lipinski definition) is 1. The van der Waals surface area contributed by atoms with E-state index in [1.807, 2.05) is 18.2 Å². The minimum Gasteiger partial charge on any atom is -0.392 e. The molecule has 3 aromatic carbocycles. The summed E-state index contributed by atoms with van der Waals surface area (Å²) in [4.78, 5) is 0. The lowest BCUT2D eigenvalue weighted by Gasteiger charge is -2.11. The van der Waals surface area contributed by atoms with E-state index in [-0.39, 0.29) is 6.61 Å². The van der Waals surface area contributed by atoms with Gasteiger partial charge in [-0.1, -0.05) is 66.7 Å². The second kappa shape index (κ2) is 5.25. The number of rotatable bonds is 3. The average molecular weight is 248 g/mol. The first-order chi connectivity index (χ1) is 9.38. The SMILES string of the molecule is OCc1c(Cc2ccccc2)ccc2ccccc12. The Morgan fingerprint density at radius 3 is 2.26 bits per heavy atom. The molecule has 0 aliphatic carbocycles. The van der Waals surface area contributed by atoms with E-state index < -0.39 is 0 Å². The topological polar surface area (TPSA) is 20.2 Å². The molecular weight excluding hydrogens is 232 g/mol. The molecule has 0 amide bonds. The van der Waals surface area contributed by atoms with Gasteiger partial charge in [-0.2, -0.15) is 0 Å². The number of aliphatic hydroxyl groups is 1. The van der Waals surface area contributed by atoms with E-state index in [1.165, 1.54) is 16.5 Å². The fourth-order valence-electron chi connectivity index (χ4n) is 2.55. The van der Waals surface area contributed by atoms with E-state index in [0.717, 1.165) is 17.4 Å². The van der Waals surface area contributed by atoms with Gasteiger partial charge in [0.25, 0.3) is 0 Å². The van der Waals surface area contributed by atoms with Gasteiger partial charge in [0.2, 0.25) is 0 Å². The van der Waals surface area contributed by atoms with E-state index in [2.05, 4.69) is 48.5 Å². The lowest BCUT2D eigenvalue weighted by molar-refractivity contribution is 0.282. The summed E-state index contributed by atoms with van der Waals surface area (Å²) in [5.74, 6) is 0. The van der Waals surface area contributed by atoms with Gasteiger partial charge in [0.1, 0.15) is 0 Å². The van der Waals surface area contributed by atoms with Crippen molar-refractivity contribution >= 4 is 10.8 Å². The molecule has 1 heteroatoms. The second-order valence-corrected chi connectivity index (χ2v) is 4.74. The van der Waals surface area contributed by atoms with Gasteiger partial charge < -0.3 is 5.11 Å². The molecule has 0 radical (unpaired) electrons. The maximum absolute atomic E-state index is 9.69. The van der Waals surface area contributed by atoms with E-state index in [0.29, 0.717) is 0 Å². The highest BCUT2D eigenvalue weighted by Crippen LogP contribution is 2.24. The minimum atomic E-state index is 0.0868. The van der Waals surface area contributed by atoms with Crippen molar-refractivity contribution in [1.82, 2.24) is 0 Å². The van der Waals surface area contributed by atoms with Crippen molar-refractivity contribution in [1.29, 1.82) is 0 Å². The normalized spacial score (nSPS) is 10.8. The minimum absolute atomic E-state index is 0.0868. The van der Waals surface area contributed by atoms with Crippen LogP contribution in [0.3, 0.4) is 0 Å².